The predicted molar refractivity (Wildman–Crippen MR) is 70.5 cm³/mol. The van der Waals surface area contributed by atoms with Crippen LogP contribution in [0.2, 0.25) is 0 Å². The largest absolute Gasteiger partial charge is 0.481 e. The van der Waals surface area contributed by atoms with Crippen molar-refractivity contribution in [1.29, 1.82) is 0 Å². The lowest BCUT2D eigenvalue weighted by molar-refractivity contribution is -0.144. The molecule has 102 valence electrons. The Kier molecular flexibility index (Phi) is 4.16. The van der Waals surface area contributed by atoms with Gasteiger partial charge in [0.1, 0.15) is 0 Å². The van der Waals surface area contributed by atoms with Crippen LogP contribution in [0.25, 0.3) is 0 Å². The van der Waals surface area contributed by atoms with Crippen LogP contribution in [0.5, 0.6) is 0 Å². The van der Waals surface area contributed by atoms with Gasteiger partial charge in [0.05, 0.1) is 13.0 Å². The number of rotatable bonds is 4. The van der Waals surface area contributed by atoms with Crippen molar-refractivity contribution in [3.63, 3.8) is 0 Å². The third-order valence-corrected chi connectivity index (χ3v) is 3.40. The summed E-state index contributed by atoms with van der Waals surface area (Å²) in [6, 6.07) is 9.67. The Bertz CT molecular complexity index is 461. The van der Waals surface area contributed by atoms with Gasteiger partial charge in [-0.2, -0.15) is 0 Å². The quantitative estimate of drug-likeness (QED) is 0.872. The molecule has 5 nitrogen and oxygen atoms in total. The van der Waals surface area contributed by atoms with Crippen LogP contribution in [0.4, 0.5) is 0 Å². The number of hydrogen-bond acceptors (Lipinski definition) is 3. The number of carboxylic acid groups (broad SMARTS) is 1. The smallest absolute Gasteiger partial charge is 0.305 e. The number of benzene rings is 1. The van der Waals surface area contributed by atoms with Crippen molar-refractivity contribution >= 4 is 11.9 Å². The maximum Gasteiger partial charge on any atom is 0.305 e. The number of carbonyl (C=O) groups excluding carboxylic acids is 1. The van der Waals surface area contributed by atoms with Crippen LogP contribution in [0, 0.1) is 0 Å². The van der Waals surface area contributed by atoms with Crippen molar-refractivity contribution in [1.82, 2.24) is 9.80 Å². The van der Waals surface area contributed by atoms with E-state index in [1.54, 1.807) is 11.9 Å². The van der Waals surface area contributed by atoms with Crippen molar-refractivity contribution in [2.75, 3.05) is 20.1 Å². The molecule has 0 radical (unpaired) electrons. The first kappa shape index (κ1) is 13.5. The Morgan fingerprint density at radius 1 is 1.37 bits per heavy atom. The molecule has 1 amide bonds. The van der Waals surface area contributed by atoms with Gasteiger partial charge in [0, 0.05) is 26.2 Å². The molecule has 1 unspecified atom stereocenters. The Hall–Kier alpha value is -1.88. The molecule has 1 aromatic carbocycles. The molecule has 1 aromatic rings. The minimum atomic E-state index is -0.828. The lowest BCUT2D eigenvalue weighted by Crippen LogP contribution is -2.54. The molecule has 1 saturated heterocycles. The molecule has 0 spiro atoms. The fraction of sp³-hybridized carbons (Fsp3) is 0.429. The normalized spacial score (nSPS) is 20.6. The number of hydrogen-bond donors (Lipinski definition) is 1. The molecule has 0 aliphatic carbocycles. The van der Waals surface area contributed by atoms with Crippen LogP contribution in [-0.4, -0.2) is 53.0 Å². The van der Waals surface area contributed by atoms with E-state index >= 15 is 0 Å². The molecule has 1 heterocycles. The van der Waals surface area contributed by atoms with E-state index in [0.29, 0.717) is 13.1 Å². The van der Waals surface area contributed by atoms with E-state index in [1.807, 2.05) is 35.2 Å². The first-order chi connectivity index (χ1) is 9.06. The van der Waals surface area contributed by atoms with Gasteiger partial charge >= 0.3 is 5.97 Å². The lowest BCUT2D eigenvalue weighted by Gasteiger charge is -2.38. The zero-order valence-electron chi connectivity index (χ0n) is 11.0. The fourth-order valence-corrected chi connectivity index (χ4v) is 2.36. The second kappa shape index (κ2) is 5.84. The highest BCUT2D eigenvalue weighted by Gasteiger charge is 2.31. The Morgan fingerprint density at radius 2 is 2.05 bits per heavy atom. The fourth-order valence-electron chi connectivity index (χ4n) is 2.36. The summed E-state index contributed by atoms with van der Waals surface area (Å²) in [5, 5.41) is 8.97. The molecule has 0 saturated carbocycles. The summed E-state index contributed by atoms with van der Waals surface area (Å²) in [6.45, 7) is 1.36. The Morgan fingerprint density at radius 3 is 2.68 bits per heavy atom. The van der Waals surface area contributed by atoms with Gasteiger partial charge in [-0.05, 0) is 5.56 Å². The van der Waals surface area contributed by atoms with Gasteiger partial charge in [0.15, 0.2) is 0 Å². The minimum absolute atomic E-state index is 0.0394. The summed E-state index contributed by atoms with van der Waals surface area (Å²) < 4.78 is 0. The molecule has 1 atom stereocenters. The molecule has 0 bridgehead atoms. The summed E-state index contributed by atoms with van der Waals surface area (Å²) in [6.07, 6.45) is 0.0600. The predicted octanol–water partition coefficient (Wildman–Crippen LogP) is 0.804. The minimum Gasteiger partial charge on any atom is -0.481 e. The van der Waals surface area contributed by atoms with E-state index in [2.05, 4.69) is 0 Å². The van der Waals surface area contributed by atoms with Crippen LogP contribution in [0.3, 0.4) is 0 Å². The van der Waals surface area contributed by atoms with E-state index < -0.39 is 5.97 Å². The Labute approximate surface area is 112 Å². The van der Waals surface area contributed by atoms with E-state index in [4.69, 9.17) is 5.11 Å². The third-order valence-electron chi connectivity index (χ3n) is 3.40. The molecule has 1 N–H and O–H groups in total. The summed E-state index contributed by atoms with van der Waals surface area (Å²) in [5.41, 5.74) is 1.09. The van der Waals surface area contributed by atoms with Crippen LogP contribution in [-0.2, 0) is 16.1 Å². The Balaban J connectivity index is 2.09. The van der Waals surface area contributed by atoms with Gasteiger partial charge in [-0.15, -0.1) is 0 Å². The number of piperazine rings is 1. The molecule has 2 rings (SSSR count). The van der Waals surface area contributed by atoms with Crippen molar-refractivity contribution in [3.8, 4) is 0 Å². The maximum absolute atomic E-state index is 11.8. The highest BCUT2D eigenvalue weighted by atomic mass is 16.4. The van der Waals surface area contributed by atoms with E-state index in [9.17, 15) is 9.59 Å². The maximum atomic E-state index is 11.8. The average molecular weight is 262 g/mol. The van der Waals surface area contributed by atoms with E-state index in [-0.39, 0.29) is 24.9 Å². The lowest BCUT2D eigenvalue weighted by atomic mass is 10.1. The van der Waals surface area contributed by atoms with Gasteiger partial charge < -0.3 is 10.0 Å². The molecule has 5 heteroatoms. The van der Waals surface area contributed by atoms with Crippen molar-refractivity contribution in [2.24, 2.45) is 0 Å². The van der Waals surface area contributed by atoms with Gasteiger partial charge in [-0.1, -0.05) is 30.3 Å². The topological polar surface area (TPSA) is 60.9 Å². The van der Waals surface area contributed by atoms with Crippen LogP contribution in [0.1, 0.15) is 12.0 Å². The van der Waals surface area contributed by atoms with Gasteiger partial charge in [-0.3, -0.25) is 14.5 Å². The summed E-state index contributed by atoms with van der Waals surface area (Å²) in [4.78, 5) is 26.2. The van der Waals surface area contributed by atoms with Gasteiger partial charge in [-0.25, -0.2) is 0 Å². The van der Waals surface area contributed by atoms with Crippen molar-refractivity contribution < 1.29 is 14.7 Å². The molecule has 1 aliphatic rings. The van der Waals surface area contributed by atoms with Crippen LogP contribution >= 0.6 is 0 Å². The first-order valence-electron chi connectivity index (χ1n) is 6.30. The summed E-state index contributed by atoms with van der Waals surface area (Å²) in [5.74, 6) is -0.789. The SMILES string of the molecule is CN1CC(CC(=O)O)N(Cc2ccccc2)CC1=O. The summed E-state index contributed by atoms with van der Waals surface area (Å²) >= 11 is 0. The molecule has 1 fully saturated rings. The highest BCUT2D eigenvalue weighted by Crippen LogP contribution is 2.16. The second-order valence-corrected chi connectivity index (χ2v) is 4.92. The zero-order chi connectivity index (χ0) is 13.8. The number of nitrogens with zero attached hydrogens (tertiary/aromatic N) is 2. The first-order valence-corrected chi connectivity index (χ1v) is 6.30. The molecular formula is C14H18N2O3. The number of likely N-dealkylation sites (N-methyl/N-ethyl adjacent to an activating group) is 1. The molecular weight excluding hydrogens is 244 g/mol. The number of carboxylic acids is 1. The van der Waals surface area contributed by atoms with Crippen LogP contribution < -0.4 is 0 Å². The average Bonchev–Trinajstić information content (AvgIpc) is 2.36. The zero-order valence-corrected chi connectivity index (χ0v) is 11.0. The van der Waals surface area contributed by atoms with Crippen molar-refractivity contribution in [2.45, 2.75) is 19.0 Å². The monoisotopic (exact) mass is 262 g/mol. The van der Waals surface area contributed by atoms with E-state index in [0.717, 1.165) is 5.56 Å². The number of amides is 1. The van der Waals surface area contributed by atoms with Gasteiger partial charge in [0.25, 0.3) is 0 Å². The second-order valence-electron chi connectivity index (χ2n) is 4.92. The number of carbonyl (C=O) groups is 2. The number of aliphatic carboxylic acids is 1. The summed E-state index contributed by atoms with van der Waals surface area (Å²) in [7, 11) is 1.72. The molecule has 0 aromatic heterocycles. The van der Waals surface area contributed by atoms with E-state index in [1.165, 1.54) is 0 Å². The molecule has 19 heavy (non-hydrogen) atoms. The van der Waals surface area contributed by atoms with Crippen LogP contribution in [0.15, 0.2) is 30.3 Å². The third kappa shape index (κ3) is 3.54. The van der Waals surface area contributed by atoms with Crippen molar-refractivity contribution in [3.05, 3.63) is 35.9 Å². The molecule has 1 aliphatic heterocycles. The van der Waals surface area contributed by atoms with Gasteiger partial charge in [0.2, 0.25) is 5.91 Å². The standard InChI is InChI=1S/C14H18N2O3/c1-15-9-12(7-14(18)19)16(10-13(15)17)8-11-5-3-2-4-6-11/h2-6,12H,7-10H2,1H3,(H,18,19). The highest BCUT2D eigenvalue weighted by molar-refractivity contribution is 5.79.